The number of hydrogen-bond donors (Lipinski definition) is 1. The number of nitrogens with zero attached hydrogens (tertiary/aromatic N) is 4. The first-order valence-corrected chi connectivity index (χ1v) is 9.68. The highest BCUT2D eigenvalue weighted by Crippen LogP contribution is 2.26. The van der Waals surface area contributed by atoms with Crippen molar-refractivity contribution in [1.82, 2.24) is 19.6 Å². The van der Waals surface area contributed by atoms with Crippen LogP contribution in [0.3, 0.4) is 0 Å². The molecule has 0 aliphatic heterocycles. The Labute approximate surface area is 168 Å². The highest BCUT2D eigenvalue weighted by atomic mass is 16.2. The van der Waals surface area contributed by atoms with Crippen molar-refractivity contribution in [2.45, 2.75) is 33.4 Å². The Morgan fingerprint density at radius 1 is 1.03 bits per heavy atom. The Bertz CT molecular complexity index is 1260. The molecule has 2 heterocycles. The molecule has 7 heteroatoms. The van der Waals surface area contributed by atoms with Gasteiger partial charge in [-0.25, -0.2) is 0 Å². The molecule has 0 saturated carbocycles. The highest BCUT2D eigenvalue weighted by Gasteiger charge is 2.20. The molecule has 0 fully saturated rings. The molecule has 1 amide bonds. The van der Waals surface area contributed by atoms with Crippen molar-refractivity contribution in [2.75, 3.05) is 5.32 Å². The van der Waals surface area contributed by atoms with Gasteiger partial charge in [0.15, 0.2) is 0 Å². The second-order valence-corrected chi connectivity index (χ2v) is 7.62. The molecular formula is C22H23N5O2. The maximum atomic E-state index is 12.9. The summed E-state index contributed by atoms with van der Waals surface area (Å²) >= 11 is 0. The van der Waals surface area contributed by atoms with Gasteiger partial charge in [0.2, 0.25) is 5.91 Å². The second-order valence-electron chi connectivity index (χ2n) is 7.62. The number of fused-ring (bicyclic) bond motifs is 2. The van der Waals surface area contributed by atoms with Crippen molar-refractivity contribution in [3.05, 3.63) is 65.1 Å². The number of carbonyl (C=O) groups excluding carboxylic acids is 1. The minimum atomic E-state index is -0.799. The molecule has 29 heavy (non-hydrogen) atoms. The van der Waals surface area contributed by atoms with Crippen molar-refractivity contribution >= 4 is 33.4 Å². The molecule has 2 aromatic heterocycles. The summed E-state index contributed by atoms with van der Waals surface area (Å²) in [5.74, 6) is 0.197. The summed E-state index contributed by atoms with van der Waals surface area (Å²) in [4.78, 5) is 25.6. The number of rotatable bonds is 5. The molecule has 7 nitrogen and oxygen atoms in total. The molecule has 1 atom stereocenters. The summed E-state index contributed by atoms with van der Waals surface area (Å²) in [5, 5.41) is 12.4. The molecule has 2 aromatic carbocycles. The first-order chi connectivity index (χ1) is 14.0. The van der Waals surface area contributed by atoms with Crippen LogP contribution in [0.5, 0.6) is 0 Å². The minimum Gasteiger partial charge on any atom is -0.347 e. The minimum absolute atomic E-state index is 0.319. The van der Waals surface area contributed by atoms with Crippen LogP contribution in [0.25, 0.3) is 21.8 Å². The Morgan fingerprint density at radius 3 is 2.62 bits per heavy atom. The third-order valence-corrected chi connectivity index (χ3v) is 4.97. The molecule has 0 unspecified atom stereocenters. The van der Waals surface area contributed by atoms with Crippen LogP contribution in [-0.4, -0.2) is 25.5 Å². The van der Waals surface area contributed by atoms with Crippen molar-refractivity contribution in [1.29, 1.82) is 0 Å². The van der Waals surface area contributed by atoms with Gasteiger partial charge in [-0.05, 0) is 43.2 Å². The van der Waals surface area contributed by atoms with Crippen molar-refractivity contribution in [2.24, 2.45) is 5.92 Å². The zero-order valence-corrected chi connectivity index (χ0v) is 16.7. The fraction of sp³-hybridized carbons (Fsp3) is 0.273. The number of anilines is 1. The molecule has 1 N–H and O–H groups in total. The van der Waals surface area contributed by atoms with E-state index in [0.717, 1.165) is 22.1 Å². The van der Waals surface area contributed by atoms with E-state index in [1.54, 1.807) is 31.2 Å². The van der Waals surface area contributed by atoms with E-state index in [1.165, 1.54) is 0 Å². The zero-order valence-electron chi connectivity index (χ0n) is 16.7. The standard InChI is InChI=1S/C22H23N5O2/c1-14(2)13-26-12-11-16-18(9-6-10-20(16)26)23-21(28)15(3)27-22(29)17-7-4-5-8-19(17)24-25-27/h4-12,14-15H,13H2,1-3H3,(H,23,28)/t15-/m1/s1. The molecule has 4 aromatic rings. The Kier molecular flexibility index (Phi) is 4.88. The smallest absolute Gasteiger partial charge is 0.278 e. The zero-order chi connectivity index (χ0) is 20.5. The Balaban J connectivity index is 1.64. The molecule has 0 spiro atoms. The number of aromatic nitrogens is 4. The molecular weight excluding hydrogens is 366 g/mol. The number of benzene rings is 2. The molecule has 0 radical (unpaired) electrons. The van der Waals surface area contributed by atoms with Crippen LogP contribution in [0.15, 0.2) is 59.5 Å². The van der Waals surface area contributed by atoms with Gasteiger partial charge in [-0.2, -0.15) is 4.68 Å². The van der Waals surface area contributed by atoms with Crippen LogP contribution in [-0.2, 0) is 11.3 Å². The normalized spacial score (nSPS) is 12.6. The van der Waals surface area contributed by atoms with E-state index < -0.39 is 6.04 Å². The van der Waals surface area contributed by atoms with Crippen LogP contribution in [0.4, 0.5) is 5.69 Å². The third kappa shape index (κ3) is 3.51. The van der Waals surface area contributed by atoms with E-state index in [9.17, 15) is 9.59 Å². The van der Waals surface area contributed by atoms with Gasteiger partial charge >= 0.3 is 0 Å². The maximum absolute atomic E-state index is 12.9. The SMILES string of the molecule is CC(C)Cn1ccc2c(NC(=O)[C@@H](C)n3nnc4ccccc4c3=O)cccc21. The van der Waals surface area contributed by atoms with Gasteiger partial charge < -0.3 is 9.88 Å². The molecule has 0 aliphatic carbocycles. The summed E-state index contributed by atoms with van der Waals surface area (Å²) in [6.07, 6.45) is 2.03. The van der Waals surface area contributed by atoms with Gasteiger partial charge in [0.25, 0.3) is 5.56 Å². The lowest BCUT2D eigenvalue weighted by atomic mass is 10.2. The third-order valence-electron chi connectivity index (χ3n) is 4.97. The highest BCUT2D eigenvalue weighted by molar-refractivity contribution is 6.02. The van der Waals surface area contributed by atoms with Crippen LogP contribution in [0, 0.1) is 5.92 Å². The number of carbonyl (C=O) groups is 1. The number of amides is 1. The first kappa shape index (κ1) is 18.9. The van der Waals surface area contributed by atoms with E-state index in [4.69, 9.17) is 0 Å². The lowest BCUT2D eigenvalue weighted by Crippen LogP contribution is -2.34. The second kappa shape index (κ2) is 7.50. The van der Waals surface area contributed by atoms with Gasteiger partial charge in [-0.3, -0.25) is 9.59 Å². The van der Waals surface area contributed by atoms with Crippen LogP contribution >= 0.6 is 0 Å². The van der Waals surface area contributed by atoms with Gasteiger partial charge in [-0.15, -0.1) is 5.10 Å². The van der Waals surface area contributed by atoms with Crippen LogP contribution < -0.4 is 10.9 Å². The summed E-state index contributed by atoms with van der Waals surface area (Å²) in [5.41, 5.74) is 1.95. The lowest BCUT2D eigenvalue weighted by Gasteiger charge is -2.15. The van der Waals surface area contributed by atoms with E-state index in [1.807, 2.05) is 30.5 Å². The van der Waals surface area contributed by atoms with Crippen LogP contribution in [0.2, 0.25) is 0 Å². The number of nitrogens with one attached hydrogen (secondary N) is 1. The summed E-state index contributed by atoms with van der Waals surface area (Å²) in [6.45, 7) is 6.88. The monoisotopic (exact) mass is 389 g/mol. The van der Waals surface area contributed by atoms with Crippen LogP contribution in [0.1, 0.15) is 26.8 Å². The molecule has 4 rings (SSSR count). The summed E-state index contributed by atoms with van der Waals surface area (Å²) in [7, 11) is 0. The molecule has 0 bridgehead atoms. The average molecular weight is 389 g/mol. The molecule has 0 aliphatic rings. The maximum Gasteiger partial charge on any atom is 0.278 e. The van der Waals surface area contributed by atoms with E-state index >= 15 is 0 Å². The average Bonchev–Trinajstić information content (AvgIpc) is 3.11. The largest absolute Gasteiger partial charge is 0.347 e. The fourth-order valence-corrected chi connectivity index (χ4v) is 3.49. The van der Waals surface area contributed by atoms with Gasteiger partial charge in [0.05, 0.1) is 16.6 Å². The summed E-state index contributed by atoms with van der Waals surface area (Å²) < 4.78 is 3.31. The Hall–Kier alpha value is -3.48. The fourth-order valence-electron chi connectivity index (χ4n) is 3.49. The van der Waals surface area contributed by atoms with Crippen molar-refractivity contribution < 1.29 is 4.79 Å². The van der Waals surface area contributed by atoms with Crippen molar-refractivity contribution in [3.8, 4) is 0 Å². The van der Waals surface area contributed by atoms with E-state index in [0.29, 0.717) is 22.5 Å². The molecule has 0 saturated heterocycles. The van der Waals surface area contributed by atoms with E-state index in [-0.39, 0.29) is 11.5 Å². The quantitative estimate of drug-likeness (QED) is 0.565. The predicted molar refractivity (Wildman–Crippen MR) is 114 cm³/mol. The topological polar surface area (TPSA) is 81.8 Å². The Morgan fingerprint density at radius 2 is 1.83 bits per heavy atom. The lowest BCUT2D eigenvalue weighted by molar-refractivity contribution is -0.119. The van der Waals surface area contributed by atoms with Gasteiger partial charge in [0, 0.05) is 18.1 Å². The predicted octanol–water partition coefficient (Wildman–Crippen LogP) is 3.60. The van der Waals surface area contributed by atoms with E-state index in [2.05, 4.69) is 34.0 Å². The number of hydrogen-bond acceptors (Lipinski definition) is 4. The molecule has 148 valence electrons. The van der Waals surface area contributed by atoms with Gasteiger partial charge in [0.1, 0.15) is 11.6 Å². The van der Waals surface area contributed by atoms with Gasteiger partial charge in [-0.1, -0.05) is 37.3 Å². The summed E-state index contributed by atoms with van der Waals surface area (Å²) in [6, 6.07) is 14.0. The first-order valence-electron chi connectivity index (χ1n) is 9.68. The van der Waals surface area contributed by atoms with Crippen molar-refractivity contribution in [3.63, 3.8) is 0 Å².